The summed E-state index contributed by atoms with van der Waals surface area (Å²) in [4.78, 5) is 23.9. The van der Waals surface area contributed by atoms with Gasteiger partial charge in [-0.15, -0.1) is 0 Å². The summed E-state index contributed by atoms with van der Waals surface area (Å²) in [6, 6.07) is 3.96. The summed E-state index contributed by atoms with van der Waals surface area (Å²) >= 11 is 0. The third-order valence-corrected chi connectivity index (χ3v) is 5.43. The maximum absolute atomic E-state index is 12.5. The van der Waals surface area contributed by atoms with Crippen molar-refractivity contribution in [2.45, 2.75) is 32.2 Å². The van der Waals surface area contributed by atoms with Crippen LogP contribution < -0.4 is 11.3 Å². The highest BCUT2D eigenvalue weighted by atomic mass is 32.2. The van der Waals surface area contributed by atoms with Gasteiger partial charge in [-0.3, -0.25) is 9.59 Å². The maximum Gasteiger partial charge on any atom is 0.251 e. The van der Waals surface area contributed by atoms with Gasteiger partial charge in [0.25, 0.3) is 5.56 Å². The number of Topliss-reactive ketones (excluding diaryl/α,β-unsaturated/α-hetero) is 1. The Morgan fingerprint density at radius 2 is 1.92 bits per heavy atom. The van der Waals surface area contributed by atoms with E-state index in [0.717, 1.165) is 16.8 Å². The molecule has 9 heteroatoms. The molecule has 1 aromatic rings. The van der Waals surface area contributed by atoms with Crippen molar-refractivity contribution in [2.24, 2.45) is 5.73 Å². The Morgan fingerprint density at radius 3 is 2.38 bits per heavy atom. The Labute approximate surface area is 140 Å². The van der Waals surface area contributed by atoms with Crippen LogP contribution in [-0.4, -0.2) is 36.2 Å². The lowest BCUT2D eigenvalue weighted by atomic mass is 10.1. The predicted molar refractivity (Wildman–Crippen MR) is 88.3 cm³/mol. The molecule has 0 unspecified atom stereocenters. The van der Waals surface area contributed by atoms with Gasteiger partial charge < -0.3 is 10.3 Å². The lowest BCUT2D eigenvalue weighted by Gasteiger charge is -2.18. The second-order valence-corrected chi connectivity index (χ2v) is 6.95. The van der Waals surface area contributed by atoms with E-state index < -0.39 is 27.9 Å². The number of sulfonamides is 1. The number of nitriles is 1. The van der Waals surface area contributed by atoms with Gasteiger partial charge in [0.2, 0.25) is 10.0 Å². The largest absolute Gasteiger partial charge is 0.401 e. The van der Waals surface area contributed by atoms with E-state index in [1.807, 2.05) is 0 Å². The van der Waals surface area contributed by atoms with Crippen LogP contribution in [0.5, 0.6) is 0 Å². The molecule has 130 valence electrons. The molecular weight excluding hydrogens is 332 g/mol. The quantitative estimate of drug-likeness (QED) is 0.552. The van der Waals surface area contributed by atoms with Gasteiger partial charge in [-0.1, -0.05) is 13.8 Å². The average Bonchev–Trinajstić information content (AvgIpc) is 2.50. The van der Waals surface area contributed by atoms with Crippen molar-refractivity contribution in [3.8, 4) is 6.07 Å². The number of nitrogens with zero attached hydrogens (tertiary/aromatic N) is 3. The van der Waals surface area contributed by atoms with Gasteiger partial charge in [0.1, 0.15) is 11.6 Å². The van der Waals surface area contributed by atoms with Crippen LogP contribution in [0.1, 0.15) is 20.8 Å². The molecule has 24 heavy (non-hydrogen) atoms. The highest BCUT2D eigenvalue weighted by molar-refractivity contribution is 7.89. The minimum absolute atomic E-state index is 0.0440. The lowest BCUT2D eigenvalue weighted by molar-refractivity contribution is -0.115. The zero-order chi connectivity index (χ0) is 18.5. The molecule has 0 atom stereocenters. The SMILES string of the molecule is CCN(CC)S(=O)(=O)c1ccc(=O)n(CC(=O)/C(C#N)=C(\C)N)c1. The summed E-state index contributed by atoms with van der Waals surface area (Å²) in [6.07, 6.45) is 1.11. The molecule has 0 aromatic carbocycles. The molecule has 1 rings (SSSR count). The number of hydrogen-bond donors (Lipinski definition) is 1. The summed E-state index contributed by atoms with van der Waals surface area (Å²) in [5.41, 5.74) is 4.71. The van der Waals surface area contributed by atoms with E-state index in [1.54, 1.807) is 19.9 Å². The van der Waals surface area contributed by atoms with Crippen molar-refractivity contribution >= 4 is 15.8 Å². The van der Waals surface area contributed by atoms with Gasteiger partial charge in [0.15, 0.2) is 5.78 Å². The smallest absolute Gasteiger partial charge is 0.251 e. The van der Waals surface area contributed by atoms with Crippen LogP contribution in [0, 0.1) is 11.3 Å². The first-order chi connectivity index (χ1) is 11.2. The number of nitrogens with two attached hydrogens (primary N) is 1. The number of aromatic nitrogens is 1. The van der Waals surface area contributed by atoms with Crippen molar-refractivity contribution in [3.63, 3.8) is 0 Å². The van der Waals surface area contributed by atoms with Crippen LogP contribution >= 0.6 is 0 Å². The summed E-state index contributed by atoms with van der Waals surface area (Å²) < 4.78 is 27.2. The second kappa shape index (κ2) is 7.90. The first-order valence-corrected chi connectivity index (χ1v) is 8.73. The molecule has 8 nitrogen and oxygen atoms in total. The van der Waals surface area contributed by atoms with E-state index in [-0.39, 0.29) is 29.3 Å². The summed E-state index contributed by atoms with van der Waals surface area (Å²) in [5.74, 6) is -0.656. The van der Waals surface area contributed by atoms with E-state index in [4.69, 9.17) is 11.0 Å². The number of hydrogen-bond acceptors (Lipinski definition) is 6. The Balaban J connectivity index is 3.31. The monoisotopic (exact) mass is 352 g/mol. The Kier molecular flexibility index (Phi) is 6.45. The van der Waals surface area contributed by atoms with Crippen LogP contribution in [0.25, 0.3) is 0 Å². The zero-order valence-corrected chi connectivity index (χ0v) is 14.6. The fourth-order valence-corrected chi connectivity index (χ4v) is 3.58. The summed E-state index contributed by atoms with van der Waals surface area (Å²) in [5, 5.41) is 8.94. The maximum atomic E-state index is 12.5. The minimum Gasteiger partial charge on any atom is -0.401 e. The normalized spacial score (nSPS) is 12.6. The number of carbonyl (C=O) groups is 1. The molecule has 0 aliphatic heterocycles. The van der Waals surface area contributed by atoms with Crippen molar-refractivity contribution < 1.29 is 13.2 Å². The van der Waals surface area contributed by atoms with E-state index >= 15 is 0 Å². The molecule has 1 aromatic heterocycles. The molecule has 0 aliphatic carbocycles. The van der Waals surface area contributed by atoms with Crippen LogP contribution in [0.2, 0.25) is 0 Å². The number of ketones is 1. The number of pyridine rings is 1. The van der Waals surface area contributed by atoms with E-state index in [1.165, 1.54) is 17.3 Å². The fourth-order valence-electron chi connectivity index (χ4n) is 2.10. The van der Waals surface area contributed by atoms with Crippen LogP contribution in [0.3, 0.4) is 0 Å². The Hall–Kier alpha value is -2.44. The third kappa shape index (κ3) is 4.10. The van der Waals surface area contributed by atoms with Gasteiger partial charge in [-0.25, -0.2) is 8.42 Å². The summed E-state index contributed by atoms with van der Waals surface area (Å²) in [6.45, 7) is 4.91. The molecule has 2 N–H and O–H groups in total. The molecule has 0 fully saturated rings. The van der Waals surface area contributed by atoms with Crippen LogP contribution in [0.4, 0.5) is 0 Å². The number of carbonyl (C=O) groups excluding carboxylic acids is 1. The molecule has 0 amide bonds. The van der Waals surface area contributed by atoms with Crippen molar-refractivity contribution in [1.29, 1.82) is 5.26 Å². The van der Waals surface area contributed by atoms with E-state index in [2.05, 4.69) is 0 Å². The molecular formula is C15H20N4O4S. The first kappa shape index (κ1) is 19.6. The van der Waals surface area contributed by atoms with Gasteiger partial charge in [0, 0.05) is 31.0 Å². The van der Waals surface area contributed by atoms with Gasteiger partial charge in [-0.2, -0.15) is 9.57 Å². The number of rotatable bonds is 7. The lowest BCUT2D eigenvalue weighted by Crippen LogP contribution is -2.32. The van der Waals surface area contributed by atoms with E-state index in [9.17, 15) is 18.0 Å². The summed E-state index contributed by atoms with van der Waals surface area (Å²) in [7, 11) is -3.76. The molecule has 0 saturated heterocycles. The molecule has 1 heterocycles. The zero-order valence-electron chi connectivity index (χ0n) is 13.8. The highest BCUT2D eigenvalue weighted by Crippen LogP contribution is 2.14. The minimum atomic E-state index is -3.76. The van der Waals surface area contributed by atoms with Crippen LogP contribution in [-0.2, 0) is 21.4 Å². The average molecular weight is 352 g/mol. The van der Waals surface area contributed by atoms with Crippen molar-refractivity contribution in [3.05, 3.63) is 40.0 Å². The van der Waals surface area contributed by atoms with Gasteiger partial charge in [-0.05, 0) is 13.0 Å². The molecule has 0 saturated carbocycles. The second-order valence-electron chi connectivity index (χ2n) is 5.01. The standard InChI is InChI=1S/C15H20N4O4S/c1-4-19(5-2)24(22,23)12-6-7-15(21)18(9-12)10-14(20)13(8-16)11(3)17/h6-7,9H,4-5,10,17H2,1-3H3/b13-11+. The third-order valence-electron chi connectivity index (χ3n) is 3.40. The van der Waals surface area contributed by atoms with Crippen molar-refractivity contribution in [2.75, 3.05) is 13.1 Å². The molecule has 0 aliphatic rings. The van der Waals surface area contributed by atoms with Gasteiger partial charge >= 0.3 is 0 Å². The van der Waals surface area contributed by atoms with Gasteiger partial charge in [0.05, 0.1) is 11.4 Å². The molecule has 0 spiro atoms. The van der Waals surface area contributed by atoms with Crippen LogP contribution in [0.15, 0.2) is 39.3 Å². The Morgan fingerprint density at radius 1 is 1.33 bits per heavy atom. The van der Waals surface area contributed by atoms with Crippen molar-refractivity contribution in [1.82, 2.24) is 8.87 Å². The molecule has 0 radical (unpaired) electrons. The fraction of sp³-hybridized carbons (Fsp3) is 0.400. The topological polar surface area (TPSA) is 126 Å². The Bertz CT molecular complexity index is 854. The van der Waals surface area contributed by atoms with E-state index in [0.29, 0.717) is 0 Å². The predicted octanol–water partition coefficient (Wildman–Crippen LogP) is 0.204. The highest BCUT2D eigenvalue weighted by Gasteiger charge is 2.23. The number of allylic oxidation sites excluding steroid dienone is 2. The first-order valence-electron chi connectivity index (χ1n) is 7.29. The molecule has 0 bridgehead atoms.